The molecule has 6 nitrogen and oxygen atoms in total. The molecule has 1 amide bonds. The number of hydrogen-bond acceptors (Lipinski definition) is 6. The zero-order valence-corrected chi connectivity index (χ0v) is 20.1. The number of hydrogen-bond donors (Lipinski definition) is 0. The summed E-state index contributed by atoms with van der Waals surface area (Å²) < 4.78 is 11.7. The van der Waals surface area contributed by atoms with E-state index >= 15 is 0 Å². The number of aromatic nitrogens is 1. The lowest BCUT2D eigenvalue weighted by Crippen LogP contribution is -2.36. The summed E-state index contributed by atoms with van der Waals surface area (Å²) in [7, 11) is 7.07. The van der Waals surface area contributed by atoms with Crippen LogP contribution in [0, 0.1) is 0 Å². The van der Waals surface area contributed by atoms with Crippen molar-refractivity contribution < 1.29 is 14.3 Å². The molecule has 0 spiro atoms. The number of carbonyl (C=O) groups excluding carboxylic acids is 1. The number of amides is 1. The number of fused-ring (bicyclic) bond motifs is 1. The maximum atomic E-state index is 13.4. The molecule has 0 unspecified atom stereocenters. The summed E-state index contributed by atoms with van der Waals surface area (Å²) in [5, 5.41) is 1.31. The molecule has 3 rings (SSSR count). The number of thiazole rings is 1. The molecule has 1 heterocycles. The minimum Gasteiger partial charge on any atom is -0.495 e. The van der Waals surface area contributed by atoms with Gasteiger partial charge in [-0.1, -0.05) is 34.5 Å². The zero-order chi connectivity index (χ0) is 21.1. The van der Waals surface area contributed by atoms with Crippen molar-refractivity contribution in [3.63, 3.8) is 0 Å². The maximum absolute atomic E-state index is 13.4. The Balaban J connectivity index is 0.00000320. The monoisotopic (exact) mass is 489 g/mol. The fourth-order valence-corrected chi connectivity index (χ4v) is 4.25. The summed E-state index contributed by atoms with van der Waals surface area (Å²) in [4.78, 5) is 21.7. The van der Waals surface area contributed by atoms with Crippen LogP contribution in [0.2, 0.25) is 10.0 Å². The number of nitrogens with zero attached hydrogens (tertiary/aromatic N) is 3. The van der Waals surface area contributed by atoms with Crippen LogP contribution in [-0.2, 0) is 0 Å². The average Bonchev–Trinajstić information content (AvgIpc) is 3.13. The van der Waals surface area contributed by atoms with Crippen LogP contribution < -0.4 is 14.4 Å². The number of methoxy groups -OCH3 is 2. The van der Waals surface area contributed by atoms with E-state index in [4.69, 9.17) is 37.7 Å². The smallest absolute Gasteiger partial charge is 0.261 e. The predicted octanol–water partition coefficient (Wildman–Crippen LogP) is 5.25. The Hall–Kier alpha value is -1.77. The van der Waals surface area contributed by atoms with Crippen LogP contribution in [-0.4, -0.2) is 57.2 Å². The quantitative estimate of drug-likeness (QED) is 0.453. The SMILES string of the molecule is COc1ccc(OC)c2sc(N(CCN(C)C)C(=O)c3cc(Cl)ccc3Cl)nc12.Cl. The van der Waals surface area contributed by atoms with Crippen LogP contribution in [0.15, 0.2) is 30.3 Å². The number of ether oxygens (including phenoxy) is 2. The van der Waals surface area contributed by atoms with Crippen molar-refractivity contribution in [3.05, 3.63) is 45.9 Å². The van der Waals surface area contributed by atoms with E-state index in [1.165, 1.54) is 11.3 Å². The Morgan fingerprint density at radius 3 is 2.37 bits per heavy atom. The maximum Gasteiger partial charge on any atom is 0.261 e. The topological polar surface area (TPSA) is 54.9 Å². The molecule has 0 saturated carbocycles. The number of likely N-dealkylation sites (N-methyl/N-ethyl adjacent to an activating group) is 1. The lowest BCUT2D eigenvalue weighted by atomic mass is 10.2. The molecule has 0 aliphatic carbocycles. The van der Waals surface area contributed by atoms with Crippen LogP contribution in [0.5, 0.6) is 11.5 Å². The minimum atomic E-state index is -0.267. The van der Waals surface area contributed by atoms with Gasteiger partial charge in [-0.2, -0.15) is 0 Å². The number of rotatable bonds is 7. The van der Waals surface area contributed by atoms with E-state index in [1.54, 1.807) is 43.4 Å². The Morgan fingerprint density at radius 2 is 1.73 bits per heavy atom. The van der Waals surface area contributed by atoms with Gasteiger partial charge in [0.2, 0.25) is 0 Å². The summed E-state index contributed by atoms with van der Waals surface area (Å²) in [5.41, 5.74) is 0.975. The Kier molecular flexibility index (Phi) is 8.58. The summed E-state index contributed by atoms with van der Waals surface area (Å²) >= 11 is 13.7. The van der Waals surface area contributed by atoms with Crippen molar-refractivity contribution in [2.24, 2.45) is 0 Å². The highest BCUT2D eigenvalue weighted by atomic mass is 35.5. The third kappa shape index (κ3) is 5.10. The lowest BCUT2D eigenvalue weighted by Gasteiger charge is -2.22. The summed E-state index contributed by atoms with van der Waals surface area (Å²) in [5.74, 6) is 1.02. The van der Waals surface area contributed by atoms with Crippen LogP contribution in [0.1, 0.15) is 10.4 Å². The van der Waals surface area contributed by atoms with Crippen molar-refractivity contribution >= 4 is 68.2 Å². The Morgan fingerprint density at radius 1 is 1.07 bits per heavy atom. The molecular formula is C20H22Cl3N3O3S. The van der Waals surface area contributed by atoms with E-state index in [2.05, 4.69) is 0 Å². The molecule has 0 saturated heterocycles. The largest absolute Gasteiger partial charge is 0.495 e. The van der Waals surface area contributed by atoms with Gasteiger partial charge in [-0.15, -0.1) is 12.4 Å². The highest BCUT2D eigenvalue weighted by Crippen LogP contribution is 2.40. The van der Waals surface area contributed by atoms with E-state index in [0.29, 0.717) is 50.8 Å². The summed E-state index contributed by atoms with van der Waals surface area (Å²) in [6.45, 7) is 1.08. The number of carbonyl (C=O) groups is 1. The first-order valence-corrected chi connectivity index (χ1v) is 10.4. The fourth-order valence-electron chi connectivity index (χ4n) is 2.78. The molecule has 0 N–H and O–H groups in total. The second-order valence-corrected chi connectivity index (χ2v) is 8.35. The van der Waals surface area contributed by atoms with E-state index in [-0.39, 0.29) is 18.3 Å². The highest BCUT2D eigenvalue weighted by Gasteiger charge is 2.25. The molecule has 0 fully saturated rings. The lowest BCUT2D eigenvalue weighted by molar-refractivity contribution is 0.0985. The average molecular weight is 491 g/mol. The molecule has 1 aromatic heterocycles. The first-order valence-electron chi connectivity index (χ1n) is 8.79. The first kappa shape index (κ1) is 24.5. The van der Waals surface area contributed by atoms with E-state index in [0.717, 1.165) is 4.70 Å². The van der Waals surface area contributed by atoms with Crippen LogP contribution in [0.3, 0.4) is 0 Å². The van der Waals surface area contributed by atoms with Crippen molar-refractivity contribution in [3.8, 4) is 11.5 Å². The van der Waals surface area contributed by atoms with Crippen LogP contribution >= 0.6 is 46.9 Å². The number of anilines is 1. The summed E-state index contributed by atoms with van der Waals surface area (Å²) in [6, 6.07) is 8.46. The van der Waals surface area contributed by atoms with E-state index in [9.17, 15) is 4.79 Å². The third-order valence-electron chi connectivity index (χ3n) is 4.30. The van der Waals surface area contributed by atoms with E-state index in [1.807, 2.05) is 25.1 Å². The molecule has 3 aromatic rings. The standard InChI is InChI=1S/C20H21Cl2N3O3S.ClH/c1-24(2)9-10-25(19(26)13-11-12(21)5-6-14(13)22)20-23-17-15(27-3)7-8-16(28-4)18(17)29-20;/h5-8,11H,9-10H2,1-4H3;1H. The molecule has 0 bridgehead atoms. The van der Waals surface area contributed by atoms with Gasteiger partial charge in [0.25, 0.3) is 5.91 Å². The minimum absolute atomic E-state index is 0. The molecule has 30 heavy (non-hydrogen) atoms. The highest BCUT2D eigenvalue weighted by molar-refractivity contribution is 7.22. The molecule has 10 heteroatoms. The molecule has 0 aliphatic rings. The van der Waals surface area contributed by atoms with Crippen molar-refractivity contribution in [2.45, 2.75) is 0 Å². The van der Waals surface area contributed by atoms with Gasteiger partial charge in [0.15, 0.2) is 5.13 Å². The predicted molar refractivity (Wildman–Crippen MR) is 127 cm³/mol. The molecule has 0 atom stereocenters. The Labute approximate surface area is 195 Å². The van der Waals surface area contributed by atoms with Crippen LogP contribution in [0.25, 0.3) is 10.2 Å². The molecule has 0 radical (unpaired) electrons. The van der Waals surface area contributed by atoms with Crippen molar-refractivity contribution in [2.75, 3.05) is 46.3 Å². The van der Waals surface area contributed by atoms with Crippen molar-refractivity contribution in [1.82, 2.24) is 9.88 Å². The van der Waals surface area contributed by atoms with Gasteiger partial charge in [0.05, 0.1) is 24.8 Å². The van der Waals surface area contributed by atoms with Crippen LogP contribution in [0.4, 0.5) is 5.13 Å². The third-order valence-corrected chi connectivity index (χ3v) is 5.96. The molecule has 162 valence electrons. The number of benzene rings is 2. The van der Waals surface area contributed by atoms with Gasteiger partial charge < -0.3 is 14.4 Å². The van der Waals surface area contributed by atoms with Gasteiger partial charge in [-0.25, -0.2) is 4.98 Å². The normalized spacial score (nSPS) is 10.8. The first-order chi connectivity index (χ1) is 13.8. The van der Waals surface area contributed by atoms with Gasteiger partial charge in [0, 0.05) is 18.1 Å². The Bertz CT molecular complexity index is 1000. The number of halogens is 3. The van der Waals surface area contributed by atoms with Gasteiger partial charge in [0.1, 0.15) is 21.7 Å². The molecule has 0 aliphatic heterocycles. The molecule has 2 aromatic carbocycles. The summed E-state index contributed by atoms with van der Waals surface area (Å²) in [6.07, 6.45) is 0. The van der Waals surface area contributed by atoms with E-state index < -0.39 is 0 Å². The molecular weight excluding hydrogens is 469 g/mol. The second-order valence-electron chi connectivity index (χ2n) is 6.53. The van der Waals surface area contributed by atoms with Crippen molar-refractivity contribution in [1.29, 1.82) is 0 Å². The van der Waals surface area contributed by atoms with Gasteiger partial charge >= 0.3 is 0 Å². The fraction of sp³-hybridized carbons (Fsp3) is 0.300. The van der Waals surface area contributed by atoms with Gasteiger partial charge in [-0.05, 0) is 44.4 Å². The second kappa shape index (κ2) is 10.5. The zero-order valence-electron chi connectivity index (χ0n) is 16.9. The van der Waals surface area contributed by atoms with Gasteiger partial charge in [-0.3, -0.25) is 9.69 Å².